The summed E-state index contributed by atoms with van der Waals surface area (Å²) in [6, 6.07) is 26.8. The normalized spacial score (nSPS) is 18.1. The molecule has 0 N–H and O–H groups in total. The first-order valence-electron chi connectivity index (χ1n) is 11.9. The molecule has 0 fully saturated rings. The van der Waals surface area contributed by atoms with Gasteiger partial charge in [-0.2, -0.15) is 0 Å². The van der Waals surface area contributed by atoms with E-state index in [1.807, 2.05) is 30.3 Å². The van der Waals surface area contributed by atoms with Crippen LogP contribution in [0.2, 0.25) is 5.02 Å². The number of hydrogen-bond donors (Lipinski definition) is 0. The van der Waals surface area contributed by atoms with E-state index >= 15 is 0 Å². The minimum atomic E-state index is -0.655. The molecular formula is C31H19ClF2N2O2. The van der Waals surface area contributed by atoms with Crippen LogP contribution in [0.15, 0.2) is 120 Å². The monoisotopic (exact) mass is 524 g/mol. The molecule has 0 aromatic heterocycles. The van der Waals surface area contributed by atoms with E-state index in [9.17, 15) is 18.4 Å². The highest BCUT2D eigenvalue weighted by atomic mass is 35.5. The molecule has 186 valence electrons. The summed E-state index contributed by atoms with van der Waals surface area (Å²) >= 11 is 6.07. The van der Waals surface area contributed by atoms with E-state index in [1.165, 1.54) is 53.4 Å². The number of halogens is 3. The van der Waals surface area contributed by atoms with Crippen molar-refractivity contribution in [3.8, 4) is 0 Å². The number of amides is 2. The van der Waals surface area contributed by atoms with Crippen LogP contribution in [0.5, 0.6) is 0 Å². The Morgan fingerprint density at radius 1 is 0.684 bits per heavy atom. The van der Waals surface area contributed by atoms with Crippen LogP contribution < -0.4 is 9.80 Å². The second-order valence-corrected chi connectivity index (χ2v) is 9.39. The number of carbonyl (C=O) groups excluding carboxylic acids is 2. The SMILES string of the molecule is O=C1/C(=C\c2ccc(Cl)cc2)C2=C(C(=O)N(c3ccc(F)cc3)C2c2ccccc2)N1c1ccc(F)cc1. The topological polar surface area (TPSA) is 40.6 Å². The van der Waals surface area contributed by atoms with Gasteiger partial charge in [0.05, 0.1) is 6.04 Å². The lowest BCUT2D eigenvalue weighted by Crippen LogP contribution is -2.38. The van der Waals surface area contributed by atoms with E-state index in [-0.39, 0.29) is 5.70 Å². The number of carbonyl (C=O) groups is 2. The summed E-state index contributed by atoms with van der Waals surface area (Å²) < 4.78 is 27.6. The second-order valence-electron chi connectivity index (χ2n) is 8.95. The van der Waals surface area contributed by atoms with Crippen LogP contribution in [-0.2, 0) is 9.59 Å². The molecule has 0 saturated carbocycles. The molecule has 1 atom stereocenters. The van der Waals surface area contributed by atoms with Crippen molar-refractivity contribution in [2.45, 2.75) is 6.04 Å². The predicted octanol–water partition coefficient (Wildman–Crippen LogP) is 7.09. The lowest BCUT2D eigenvalue weighted by molar-refractivity contribution is -0.118. The van der Waals surface area contributed by atoms with Crippen LogP contribution in [0.25, 0.3) is 6.08 Å². The van der Waals surface area contributed by atoms with Gasteiger partial charge in [-0.3, -0.25) is 19.4 Å². The Balaban J connectivity index is 1.60. The van der Waals surface area contributed by atoms with Gasteiger partial charge in [-0.05, 0) is 77.9 Å². The second kappa shape index (κ2) is 9.39. The maximum Gasteiger partial charge on any atom is 0.276 e. The molecule has 2 heterocycles. The Hall–Kier alpha value is -4.55. The van der Waals surface area contributed by atoms with Gasteiger partial charge in [-0.15, -0.1) is 0 Å². The van der Waals surface area contributed by atoms with Gasteiger partial charge in [-0.25, -0.2) is 8.78 Å². The Labute approximate surface area is 222 Å². The molecule has 2 aliphatic rings. The summed E-state index contributed by atoms with van der Waals surface area (Å²) in [4.78, 5) is 31.0. The van der Waals surface area contributed by atoms with Gasteiger partial charge in [0.2, 0.25) is 0 Å². The van der Waals surface area contributed by atoms with Gasteiger partial charge >= 0.3 is 0 Å². The highest BCUT2D eigenvalue weighted by Gasteiger charge is 2.52. The molecule has 1 unspecified atom stereocenters. The van der Waals surface area contributed by atoms with Crippen molar-refractivity contribution in [3.63, 3.8) is 0 Å². The van der Waals surface area contributed by atoms with Crippen molar-refractivity contribution in [2.75, 3.05) is 9.80 Å². The van der Waals surface area contributed by atoms with Gasteiger partial charge in [0, 0.05) is 27.5 Å². The Morgan fingerprint density at radius 3 is 1.87 bits per heavy atom. The number of benzene rings is 4. The van der Waals surface area contributed by atoms with Crippen molar-refractivity contribution in [2.24, 2.45) is 0 Å². The first kappa shape index (κ1) is 23.8. The molecule has 2 amide bonds. The molecule has 0 bridgehead atoms. The van der Waals surface area contributed by atoms with E-state index in [2.05, 4.69) is 0 Å². The number of rotatable bonds is 4. The maximum atomic E-state index is 14.2. The summed E-state index contributed by atoms with van der Waals surface area (Å²) in [5.41, 5.74) is 3.39. The highest BCUT2D eigenvalue weighted by Crippen LogP contribution is 2.50. The molecule has 38 heavy (non-hydrogen) atoms. The van der Waals surface area contributed by atoms with E-state index in [0.29, 0.717) is 27.5 Å². The molecule has 4 aromatic rings. The van der Waals surface area contributed by atoms with Gasteiger partial charge in [0.25, 0.3) is 11.8 Å². The first-order valence-corrected chi connectivity index (χ1v) is 12.3. The fraction of sp³-hybridized carbons (Fsp3) is 0.0323. The largest absolute Gasteiger partial charge is 0.295 e. The van der Waals surface area contributed by atoms with Crippen LogP contribution in [0.1, 0.15) is 17.2 Å². The van der Waals surface area contributed by atoms with Gasteiger partial charge in [0.15, 0.2) is 0 Å². The van der Waals surface area contributed by atoms with Gasteiger partial charge in [-0.1, -0.05) is 54.1 Å². The Bertz CT molecular complexity index is 1610. The fourth-order valence-corrected chi connectivity index (χ4v) is 5.08. The molecular weight excluding hydrogens is 506 g/mol. The quantitative estimate of drug-likeness (QED) is 0.267. The van der Waals surface area contributed by atoms with E-state index in [4.69, 9.17) is 11.6 Å². The third-order valence-electron chi connectivity index (χ3n) is 6.64. The standard InChI is InChI=1S/C31H19ClF2N2O2/c32-21-8-6-19(7-9-21)18-26-27-28(20-4-2-1-3-5-20)35(24-14-10-22(33)11-15-24)31(38)29(27)36(30(26)37)25-16-12-23(34)13-17-25/h1-18,28H/b26-18-. The number of nitrogens with zero attached hydrogens (tertiary/aromatic N) is 2. The van der Waals surface area contributed by atoms with Crippen molar-refractivity contribution in [3.05, 3.63) is 148 Å². The minimum Gasteiger partial charge on any atom is -0.295 e. The lowest BCUT2D eigenvalue weighted by atomic mass is 9.93. The zero-order valence-electron chi connectivity index (χ0n) is 19.8. The van der Waals surface area contributed by atoms with Crippen LogP contribution >= 0.6 is 11.6 Å². The van der Waals surface area contributed by atoms with Crippen LogP contribution in [0.4, 0.5) is 20.2 Å². The third kappa shape index (κ3) is 3.99. The maximum absolute atomic E-state index is 14.2. The molecule has 0 spiro atoms. The smallest absolute Gasteiger partial charge is 0.276 e. The lowest BCUT2D eigenvalue weighted by Gasteiger charge is -2.30. The molecule has 0 aliphatic carbocycles. The van der Waals surface area contributed by atoms with Crippen LogP contribution in [0.3, 0.4) is 0 Å². The van der Waals surface area contributed by atoms with Crippen molar-refractivity contribution in [1.82, 2.24) is 0 Å². The fourth-order valence-electron chi connectivity index (χ4n) is 4.95. The number of hydrogen-bond acceptors (Lipinski definition) is 2. The molecule has 4 aromatic carbocycles. The van der Waals surface area contributed by atoms with Gasteiger partial charge in [0.1, 0.15) is 17.3 Å². The van der Waals surface area contributed by atoms with Crippen molar-refractivity contribution >= 4 is 40.9 Å². The molecule has 2 aliphatic heterocycles. The summed E-state index contributed by atoms with van der Waals surface area (Å²) in [5, 5.41) is 0.554. The molecule has 6 rings (SSSR count). The first-order chi connectivity index (χ1) is 18.4. The highest BCUT2D eigenvalue weighted by molar-refractivity contribution is 6.31. The Kier molecular flexibility index (Phi) is 5.89. The summed E-state index contributed by atoms with van der Waals surface area (Å²) in [6.45, 7) is 0. The van der Waals surface area contributed by atoms with Crippen molar-refractivity contribution < 1.29 is 18.4 Å². The molecule has 7 heteroatoms. The summed E-state index contributed by atoms with van der Waals surface area (Å²) in [6.07, 6.45) is 1.73. The molecule has 0 saturated heterocycles. The van der Waals surface area contributed by atoms with E-state index < -0.39 is 29.5 Å². The zero-order chi connectivity index (χ0) is 26.4. The predicted molar refractivity (Wildman–Crippen MR) is 143 cm³/mol. The van der Waals surface area contributed by atoms with Crippen molar-refractivity contribution in [1.29, 1.82) is 0 Å². The summed E-state index contributed by atoms with van der Waals surface area (Å²) in [7, 11) is 0. The van der Waals surface area contributed by atoms with E-state index in [1.54, 1.807) is 35.2 Å². The molecule has 0 radical (unpaired) electrons. The zero-order valence-corrected chi connectivity index (χ0v) is 20.6. The van der Waals surface area contributed by atoms with Gasteiger partial charge < -0.3 is 0 Å². The van der Waals surface area contributed by atoms with E-state index in [0.717, 1.165) is 11.1 Å². The average Bonchev–Trinajstić information content (AvgIpc) is 3.38. The summed E-state index contributed by atoms with van der Waals surface area (Å²) in [5.74, 6) is -1.70. The average molecular weight is 525 g/mol. The third-order valence-corrected chi connectivity index (χ3v) is 6.89. The van der Waals surface area contributed by atoms with Crippen LogP contribution in [0, 0.1) is 11.6 Å². The molecule has 4 nitrogen and oxygen atoms in total. The van der Waals surface area contributed by atoms with Crippen LogP contribution in [-0.4, -0.2) is 11.8 Å². The number of anilines is 2. The minimum absolute atomic E-state index is 0.181. The Morgan fingerprint density at radius 2 is 1.26 bits per heavy atom.